The molecule has 28 heavy (non-hydrogen) atoms. The predicted octanol–water partition coefficient (Wildman–Crippen LogP) is 3.82. The lowest BCUT2D eigenvalue weighted by Gasteiger charge is -2.39. The first-order chi connectivity index (χ1) is 13.2. The van der Waals surface area contributed by atoms with Crippen molar-refractivity contribution in [3.8, 4) is 0 Å². The summed E-state index contributed by atoms with van der Waals surface area (Å²) in [5.41, 5.74) is 1.20. The number of hydrogen-bond donors (Lipinski definition) is 1. The number of nitrogens with zero attached hydrogens (tertiary/aromatic N) is 2. The first-order valence-corrected chi connectivity index (χ1v) is 10.5. The van der Waals surface area contributed by atoms with Crippen LogP contribution in [0.15, 0.2) is 29.1 Å². The summed E-state index contributed by atoms with van der Waals surface area (Å²) in [5.74, 6) is 1.52. The molecule has 2 aliphatic carbocycles. The van der Waals surface area contributed by atoms with Crippen molar-refractivity contribution in [2.45, 2.75) is 72.4 Å². The Morgan fingerprint density at radius 1 is 1.29 bits per heavy atom. The van der Waals surface area contributed by atoms with Gasteiger partial charge in [0.25, 0.3) is 5.56 Å². The molecule has 3 atom stereocenters. The van der Waals surface area contributed by atoms with E-state index in [4.69, 9.17) is 0 Å². The SMILES string of the molecule is Cc1nc2ccccc2c(=O)n1CCCC(=O)NC1CC2CCC1(C)C2(C)C. The Kier molecular flexibility index (Phi) is 4.59. The van der Waals surface area contributed by atoms with E-state index in [0.717, 1.165) is 11.9 Å². The molecule has 2 fully saturated rings. The van der Waals surface area contributed by atoms with Gasteiger partial charge in [-0.1, -0.05) is 32.9 Å². The molecule has 150 valence electrons. The fraction of sp³-hybridized carbons (Fsp3) is 0.609. The summed E-state index contributed by atoms with van der Waals surface area (Å²) in [4.78, 5) is 29.8. The highest BCUT2D eigenvalue weighted by molar-refractivity contribution is 5.77. The standard InChI is InChI=1S/C23H31N3O2/c1-15-24-18-9-6-5-8-17(18)21(28)26(15)13-7-10-20(27)25-19-14-16-11-12-23(19,4)22(16,2)3/h5-6,8-9,16,19H,7,10-14H2,1-4H3,(H,25,27). The minimum absolute atomic E-state index is 0.0223. The Morgan fingerprint density at radius 3 is 2.71 bits per heavy atom. The third-order valence-corrected chi connectivity index (χ3v) is 7.97. The van der Waals surface area contributed by atoms with E-state index in [1.54, 1.807) is 4.57 Å². The molecule has 2 aliphatic rings. The number of para-hydroxylation sites is 1. The normalized spacial score (nSPS) is 28.0. The Bertz CT molecular complexity index is 977. The lowest BCUT2D eigenvalue weighted by atomic mass is 9.69. The van der Waals surface area contributed by atoms with Crippen LogP contribution in [0.4, 0.5) is 0 Å². The zero-order chi connectivity index (χ0) is 20.1. The van der Waals surface area contributed by atoms with Crippen molar-refractivity contribution < 1.29 is 4.79 Å². The summed E-state index contributed by atoms with van der Waals surface area (Å²) < 4.78 is 1.69. The molecule has 1 aromatic heterocycles. The molecule has 1 N–H and O–H groups in total. The first-order valence-electron chi connectivity index (χ1n) is 10.5. The van der Waals surface area contributed by atoms with Gasteiger partial charge < -0.3 is 5.32 Å². The van der Waals surface area contributed by atoms with Crippen LogP contribution in [0.2, 0.25) is 0 Å². The lowest BCUT2D eigenvalue weighted by Crippen LogP contribution is -2.46. The molecule has 0 radical (unpaired) electrons. The van der Waals surface area contributed by atoms with Gasteiger partial charge in [0.15, 0.2) is 0 Å². The largest absolute Gasteiger partial charge is 0.353 e. The molecular formula is C23H31N3O2. The Labute approximate surface area is 166 Å². The molecule has 5 nitrogen and oxygen atoms in total. The maximum absolute atomic E-state index is 12.7. The fourth-order valence-electron chi connectivity index (χ4n) is 5.63. The van der Waals surface area contributed by atoms with Crippen LogP contribution in [-0.4, -0.2) is 21.5 Å². The Hall–Kier alpha value is -2.17. The van der Waals surface area contributed by atoms with Crippen LogP contribution in [0.25, 0.3) is 10.9 Å². The average Bonchev–Trinajstić information content (AvgIpc) is 2.98. The second kappa shape index (κ2) is 6.71. The predicted molar refractivity (Wildman–Crippen MR) is 111 cm³/mol. The second-order valence-corrected chi connectivity index (χ2v) is 9.47. The van der Waals surface area contributed by atoms with Gasteiger partial charge in [0, 0.05) is 19.0 Å². The molecule has 0 aliphatic heterocycles. The number of fused-ring (bicyclic) bond motifs is 3. The first kappa shape index (κ1) is 19.2. The van der Waals surface area contributed by atoms with Gasteiger partial charge in [-0.25, -0.2) is 4.98 Å². The number of rotatable bonds is 5. The summed E-state index contributed by atoms with van der Waals surface area (Å²) in [6.07, 6.45) is 4.67. The van der Waals surface area contributed by atoms with Crippen LogP contribution in [-0.2, 0) is 11.3 Å². The van der Waals surface area contributed by atoms with Gasteiger partial charge >= 0.3 is 0 Å². The van der Waals surface area contributed by atoms with Crippen molar-refractivity contribution in [3.05, 3.63) is 40.4 Å². The quantitative estimate of drug-likeness (QED) is 0.856. The summed E-state index contributed by atoms with van der Waals surface area (Å²) in [6, 6.07) is 7.70. The summed E-state index contributed by atoms with van der Waals surface area (Å²) in [5, 5.41) is 3.94. The molecule has 2 aromatic rings. The Morgan fingerprint density at radius 2 is 2.04 bits per heavy atom. The van der Waals surface area contributed by atoms with Crippen molar-refractivity contribution in [2.75, 3.05) is 0 Å². The van der Waals surface area contributed by atoms with Crippen molar-refractivity contribution >= 4 is 16.8 Å². The van der Waals surface area contributed by atoms with Gasteiger partial charge in [0.05, 0.1) is 10.9 Å². The van der Waals surface area contributed by atoms with Gasteiger partial charge in [-0.2, -0.15) is 0 Å². The maximum Gasteiger partial charge on any atom is 0.261 e. The van der Waals surface area contributed by atoms with E-state index in [0.29, 0.717) is 41.9 Å². The summed E-state index contributed by atoms with van der Waals surface area (Å²) >= 11 is 0. The van der Waals surface area contributed by atoms with Gasteiger partial charge in [-0.15, -0.1) is 0 Å². The third kappa shape index (κ3) is 2.87. The highest BCUT2D eigenvalue weighted by Crippen LogP contribution is 2.65. The Balaban J connectivity index is 1.38. The lowest BCUT2D eigenvalue weighted by molar-refractivity contribution is -0.123. The van der Waals surface area contributed by atoms with Gasteiger partial charge in [0.1, 0.15) is 5.82 Å². The maximum atomic E-state index is 12.7. The molecular weight excluding hydrogens is 350 g/mol. The molecule has 0 spiro atoms. The summed E-state index contributed by atoms with van der Waals surface area (Å²) in [6.45, 7) is 9.43. The van der Waals surface area contributed by atoms with E-state index in [1.807, 2.05) is 31.2 Å². The molecule has 1 amide bonds. The average molecular weight is 382 g/mol. The van der Waals surface area contributed by atoms with Gasteiger partial charge in [0.2, 0.25) is 5.91 Å². The zero-order valence-corrected chi connectivity index (χ0v) is 17.4. The minimum atomic E-state index is -0.0223. The number of aromatic nitrogens is 2. The molecule has 2 saturated carbocycles. The number of benzene rings is 1. The van der Waals surface area contributed by atoms with E-state index >= 15 is 0 Å². The highest BCUT2D eigenvalue weighted by Gasteiger charge is 2.61. The number of amides is 1. The van der Waals surface area contributed by atoms with Crippen molar-refractivity contribution in [2.24, 2.45) is 16.7 Å². The third-order valence-electron chi connectivity index (χ3n) is 7.97. The van der Waals surface area contributed by atoms with E-state index in [9.17, 15) is 9.59 Å². The van der Waals surface area contributed by atoms with Crippen molar-refractivity contribution in [3.63, 3.8) is 0 Å². The topological polar surface area (TPSA) is 64.0 Å². The van der Waals surface area contributed by atoms with Crippen LogP contribution in [0.1, 0.15) is 58.7 Å². The zero-order valence-electron chi connectivity index (χ0n) is 17.4. The molecule has 5 heteroatoms. The number of hydrogen-bond acceptors (Lipinski definition) is 3. The summed E-state index contributed by atoms with van der Waals surface area (Å²) in [7, 11) is 0. The highest BCUT2D eigenvalue weighted by atomic mass is 16.1. The number of aryl methyl sites for hydroxylation is 1. The van der Waals surface area contributed by atoms with Crippen molar-refractivity contribution in [1.82, 2.24) is 14.9 Å². The smallest absolute Gasteiger partial charge is 0.261 e. The molecule has 0 saturated heterocycles. The minimum Gasteiger partial charge on any atom is -0.353 e. The molecule has 1 aromatic carbocycles. The number of carbonyl (C=O) groups excluding carboxylic acids is 1. The monoisotopic (exact) mass is 381 g/mol. The number of nitrogens with one attached hydrogen (secondary N) is 1. The second-order valence-electron chi connectivity index (χ2n) is 9.47. The van der Waals surface area contributed by atoms with Crippen LogP contribution in [0, 0.1) is 23.7 Å². The molecule has 4 rings (SSSR count). The van der Waals surface area contributed by atoms with Gasteiger partial charge in [-0.3, -0.25) is 14.2 Å². The van der Waals surface area contributed by atoms with Gasteiger partial charge in [-0.05, 0) is 61.5 Å². The van der Waals surface area contributed by atoms with E-state index in [-0.39, 0.29) is 22.9 Å². The fourth-order valence-corrected chi connectivity index (χ4v) is 5.63. The van der Waals surface area contributed by atoms with Crippen LogP contribution >= 0.6 is 0 Å². The molecule has 1 heterocycles. The van der Waals surface area contributed by atoms with Crippen molar-refractivity contribution in [1.29, 1.82) is 0 Å². The number of carbonyl (C=O) groups is 1. The van der Waals surface area contributed by atoms with Crippen LogP contribution in [0.5, 0.6) is 0 Å². The van der Waals surface area contributed by atoms with E-state index in [2.05, 4.69) is 31.1 Å². The van der Waals surface area contributed by atoms with E-state index in [1.165, 1.54) is 12.8 Å². The van der Waals surface area contributed by atoms with E-state index < -0.39 is 0 Å². The molecule has 3 unspecified atom stereocenters. The van der Waals surface area contributed by atoms with Crippen LogP contribution < -0.4 is 10.9 Å². The molecule has 2 bridgehead atoms. The van der Waals surface area contributed by atoms with Crippen LogP contribution in [0.3, 0.4) is 0 Å².